The third kappa shape index (κ3) is 7.84. The van der Waals surface area contributed by atoms with E-state index < -0.39 is 29.6 Å². The highest BCUT2D eigenvalue weighted by molar-refractivity contribution is 5.91. The zero-order valence-corrected chi connectivity index (χ0v) is 21.6. The molecule has 0 aromatic heterocycles. The Balaban J connectivity index is 2.53. The highest BCUT2D eigenvalue weighted by atomic mass is 16.6. The van der Waals surface area contributed by atoms with Gasteiger partial charge in [-0.15, -0.1) is 0 Å². The van der Waals surface area contributed by atoms with Crippen molar-refractivity contribution in [3.8, 4) is 0 Å². The number of amides is 1. The van der Waals surface area contributed by atoms with Crippen LogP contribution in [0.3, 0.4) is 0 Å². The summed E-state index contributed by atoms with van der Waals surface area (Å²) in [5, 5.41) is 9.74. The van der Waals surface area contributed by atoms with Gasteiger partial charge in [-0.25, -0.2) is 9.59 Å². The minimum Gasteiger partial charge on any atom is -0.481 e. The van der Waals surface area contributed by atoms with E-state index in [1.807, 2.05) is 38.1 Å². The van der Waals surface area contributed by atoms with Gasteiger partial charge >= 0.3 is 18.0 Å². The number of unbranched alkanes of at least 4 members (excludes halogenated alkanes) is 1. The average Bonchev–Trinajstić information content (AvgIpc) is 2.81. The third-order valence-corrected chi connectivity index (χ3v) is 5.55. The topological polar surface area (TPSA) is 93.1 Å². The summed E-state index contributed by atoms with van der Waals surface area (Å²) < 4.78 is 11.0. The molecule has 0 saturated heterocycles. The molecule has 0 aliphatic carbocycles. The van der Waals surface area contributed by atoms with E-state index >= 15 is 0 Å². The predicted octanol–water partition coefficient (Wildman–Crippen LogP) is 6.34. The number of nitrogens with zero attached hydrogens (tertiary/aromatic N) is 1. The average molecular weight is 484 g/mol. The van der Waals surface area contributed by atoms with Crippen LogP contribution in [0, 0.1) is 0 Å². The highest BCUT2D eigenvalue weighted by Gasteiger charge is 2.26. The van der Waals surface area contributed by atoms with Crippen molar-refractivity contribution in [1.29, 1.82) is 0 Å². The van der Waals surface area contributed by atoms with Crippen LogP contribution in [0.1, 0.15) is 87.4 Å². The molecule has 0 aliphatic heterocycles. The number of rotatable bonds is 10. The number of hydrogen-bond acceptors (Lipinski definition) is 5. The van der Waals surface area contributed by atoms with Gasteiger partial charge in [-0.05, 0) is 75.4 Å². The first-order chi connectivity index (χ1) is 16.5. The van der Waals surface area contributed by atoms with E-state index in [2.05, 4.69) is 0 Å². The van der Waals surface area contributed by atoms with Crippen LogP contribution in [0.2, 0.25) is 0 Å². The number of hydrogen-bond donors (Lipinski definition) is 1. The number of carboxylic acid groups (broad SMARTS) is 1. The molecule has 7 nitrogen and oxygen atoms in total. The first-order valence-corrected chi connectivity index (χ1v) is 12.1. The SMILES string of the molecule is CCCCOC(=O)N(Cc1ccc(C(=O)OC(C)(C)C)cc1C(C)C(=O)O)c1ccccc1CC. The monoisotopic (exact) mass is 483 g/mol. The van der Waals surface area contributed by atoms with Gasteiger partial charge in [-0.1, -0.05) is 44.5 Å². The molecule has 1 atom stereocenters. The Morgan fingerprint density at radius 3 is 2.31 bits per heavy atom. The van der Waals surface area contributed by atoms with Crippen molar-refractivity contribution in [2.45, 2.75) is 78.9 Å². The maximum atomic E-state index is 13.2. The molecule has 2 rings (SSSR count). The summed E-state index contributed by atoms with van der Waals surface area (Å²) in [6.45, 7) is 11.3. The number of esters is 1. The fraction of sp³-hybridized carbons (Fsp3) is 0.464. The third-order valence-electron chi connectivity index (χ3n) is 5.55. The van der Waals surface area contributed by atoms with Crippen LogP contribution in [0.15, 0.2) is 42.5 Å². The van der Waals surface area contributed by atoms with Gasteiger partial charge in [0.1, 0.15) is 5.60 Å². The number of carboxylic acids is 1. The van der Waals surface area contributed by atoms with Crippen LogP contribution in [0.25, 0.3) is 0 Å². The standard InChI is InChI=1S/C28H37NO6/c1-7-9-16-34-27(33)29(24-13-11-10-12-20(24)8-2)18-22-15-14-21(26(32)35-28(4,5)6)17-23(22)19(3)25(30)31/h10-15,17,19H,7-9,16,18H2,1-6H3,(H,30,31). The van der Waals surface area contributed by atoms with E-state index in [1.165, 1.54) is 4.90 Å². The first-order valence-electron chi connectivity index (χ1n) is 12.1. The van der Waals surface area contributed by atoms with Gasteiger partial charge in [0.25, 0.3) is 0 Å². The minimum absolute atomic E-state index is 0.101. The number of para-hydroxylation sites is 1. The Bertz CT molecular complexity index is 1040. The molecular weight excluding hydrogens is 446 g/mol. The number of aryl methyl sites for hydroxylation is 1. The molecule has 2 aromatic carbocycles. The summed E-state index contributed by atoms with van der Waals surface area (Å²) in [5.41, 5.74) is 2.32. The lowest BCUT2D eigenvalue weighted by atomic mass is 9.93. The lowest BCUT2D eigenvalue weighted by Crippen LogP contribution is -2.33. The number of aliphatic carboxylic acids is 1. The Morgan fingerprint density at radius 1 is 1.03 bits per heavy atom. The van der Waals surface area contributed by atoms with Crippen molar-refractivity contribution in [3.05, 3.63) is 64.7 Å². The molecule has 35 heavy (non-hydrogen) atoms. The first kappa shape index (κ1) is 27.9. The molecule has 1 N–H and O–H groups in total. The van der Waals surface area contributed by atoms with E-state index in [0.29, 0.717) is 29.8 Å². The molecule has 0 bridgehead atoms. The zero-order chi connectivity index (χ0) is 26.2. The van der Waals surface area contributed by atoms with Crippen LogP contribution in [0.4, 0.5) is 10.5 Å². The maximum Gasteiger partial charge on any atom is 0.414 e. The molecule has 0 saturated carbocycles. The number of ether oxygens (including phenoxy) is 2. The van der Waals surface area contributed by atoms with Gasteiger partial charge in [-0.2, -0.15) is 0 Å². The van der Waals surface area contributed by atoms with Gasteiger partial charge in [-0.3, -0.25) is 9.69 Å². The summed E-state index contributed by atoms with van der Waals surface area (Å²) in [6, 6.07) is 12.4. The van der Waals surface area contributed by atoms with Crippen LogP contribution >= 0.6 is 0 Å². The van der Waals surface area contributed by atoms with Crippen molar-refractivity contribution in [1.82, 2.24) is 0 Å². The second-order valence-corrected chi connectivity index (χ2v) is 9.51. The molecular formula is C28H37NO6. The predicted molar refractivity (Wildman–Crippen MR) is 136 cm³/mol. The van der Waals surface area contributed by atoms with Crippen LogP contribution in [-0.4, -0.2) is 35.3 Å². The summed E-state index contributed by atoms with van der Waals surface area (Å²) in [5.74, 6) is -2.46. The second kappa shape index (κ2) is 12.4. The van der Waals surface area contributed by atoms with E-state index in [9.17, 15) is 19.5 Å². The van der Waals surface area contributed by atoms with Gasteiger partial charge in [0.2, 0.25) is 0 Å². The molecule has 7 heteroatoms. The largest absolute Gasteiger partial charge is 0.481 e. The fourth-order valence-electron chi connectivity index (χ4n) is 3.61. The van der Waals surface area contributed by atoms with Gasteiger partial charge in [0, 0.05) is 0 Å². The Kier molecular flexibility index (Phi) is 9.87. The minimum atomic E-state index is -1.03. The Labute approximate surface area is 208 Å². The number of carbonyl (C=O) groups is 3. The zero-order valence-electron chi connectivity index (χ0n) is 21.6. The molecule has 0 aliphatic rings. The Morgan fingerprint density at radius 2 is 1.71 bits per heavy atom. The second-order valence-electron chi connectivity index (χ2n) is 9.51. The molecule has 2 aromatic rings. The Hall–Kier alpha value is -3.35. The van der Waals surface area contributed by atoms with Crippen molar-refractivity contribution in [2.24, 2.45) is 0 Å². The molecule has 1 unspecified atom stereocenters. The summed E-state index contributed by atoms with van der Waals surface area (Å²) in [7, 11) is 0. The van der Waals surface area contributed by atoms with Crippen LogP contribution < -0.4 is 4.90 Å². The van der Waals surface area contributed by atoms with Crippen molar-refractivity contribution in [3.63, 3.8) is 0 Å². The summed E-state index contributed by atoms with van der Waals surface area (Å²) >= 11 is 0. The molecule has 0 radical (unpaired) electrons. The number of anilines is 1. The lowest BCUT2D eigenvalue weighted by Gasteiger charge is -2.26. The van der Waals surface area contributed by atoms with Gasteiger partial charge in [0.05, 0.1) is 30.3 Å². The van der Waals surface area contributed by atoms with Gasteiger partial charge < -0.3 is 14.6 Å². The van der Waals surface area contributed by atoms with Gasteiger partial charge in [0.15, 0.2) is 0 Å². The molecule has 0 heterocycles. The number of benzene rings is 2. The molecule has 0 spiro atoms. The summed E-state index contributed by atoms with van der Waals surface area (Å²) in [6.07, 6.45) is 1.86. The highest BCUT2D eigenvalue weighted by Crippen LogP contribution is 2.29. The fourth-order valence-corrected chi connectivity index (χ4v) is 3.61. The van der Waals surface area contributed by atoms with Crippen LogP contribution in [-0.2, 0) is 27.2 Å². The normalized spacial score (nSPS) is 12.1. The molecule has 1 amide bonds. The van der Waals surface area contributed by atoms with E-state index in [1.54, 1.807) is 45.9 Å². The lowest BCUT2D eigenvalue weighted by molar-refractivity contribution is -0.138. The quantitative estimate of drug-likeness (QED) is 0.313. The molecule has 0 fully saturated rings. The summed E-state index contributed by atoms with van der Waals surface area (Å²) in [4.78, 5) is 39.2. The van der Waals surface area contributed by atoms with E-state index in [0.717, 1.165) is 18.4 Å². The van der Waals surface area contributed by atoms with Crippen LogP contribution in [0.5, 0.6) is 0 Å². The number of carbonyl (C=O) groups excluding carboxylic acids is 2. The maximum absolute atomic E-state index is 13.2. The van der Waals surface area contributed by atoms with E-state index in [-0.39, 0.29) is 12.1 Å². The van der Waals surface area contributed by atoms with Crippen molar-refractivity contribution in [2.75, 3.05) is 11.5 Å². The van der Waals surface area contributed by atoms with Crippen molar-refractivity contribution >= 4 is 23.7 Å². The van der Waals surface area contributed by atoms with Crippen molar-refractivity contribution < 1.29 is 29.0 Å². The smallest absolute Gasteiger partial charge is 0.414 e. The van der Waals surface area contributed by atoms with E-state index in [4.69, 9.17) is 9.47 Å². The molecule has 190 valence electrons.